The second kappa shape index (κ2) is 10.6. The van der Waals surface area contributed by atoms with Crippen molar-refractivity contribution >= 4 is 41.3 Å². The van der Waals surface area contributed by atoms with Crippen LogP contribution in [-0.2, 0) is 42.9 Å². The van der Waals surface area contributed by atoms with Gasteiger partial charge in [-0.15, -0.1) is 0 Å². The number of rotatable bonds is 6. The Bertz CT molecular complexity index is 993. The normalized spacial score (nSPS) is 25.6. The molecule has 1 fully saturated rings. The highest BCUT2D eigenvalue weighted by Crippen LogP contribution is 2.36. The number of hydrogen-bond acceptors (Lipinski definition) is 11. The summed E-state index contributed by atoms with van der Waals surface area (Å²) < 4.78 is 27.9. The predicted molar refractivity (Wildman–Crippen MR) is 119 cm³/mol. The van der Waals surface area contributed by atoms with Gasteiger partial charge in [-0.2, -0.15) is 0 Å². The summed E-state index contributed by atoms with van der Waals surface area (Å²) in [6.07, 6.45) is -1.83. The van der Waals surface area contributed by atoms with Gasteiger partial charge in [0, 0.05) is 45.6 Å². The predicted octanol–water partition coefficient (Wildman–Crippen LogP) is 1.19. The molecule has 11 nitrogen and oxygen atoms in total. The summed E-state index contributed by atoms with van der Waals surface area (Å²) in [6.45, 7) is 4.87. The summed E-state index contributed by atoms with van der Waals surface area (Å²) in [6, 6.07) is 5.29. The molecule has 0 spiro atoms. The Morgan fingerprint density at radius 2 is 1.56 bits per heavy atom. The van der Waals surface area contributed by atoms with E-state index < -0.39 is 54.5 Å². The van der Waals surface area contributed by atoms with Gasteiger partial charge in [0.15, 0.2) is 24.5 Å². The number of nitrogen functional groups attached to an aromatic ring is 1. The lowest BCUT2D eigenvalue weighted by molar-refractivity contribution is -0.252. The van der Waals surface area contributed by atoms with E-state index in [9.17, 15) is 19.2 Å². The van der Waals surface area contributed by atoms with E-state index in [1.165, 1.54) is 27.7 Å². The maximum absolute atomic E-state index is 12.0. The van der Waals surface area contributed by atoms with Gasteiger partial charge in [-0.3, -0.25) is 19.2 Å². The molecule has 1 saturated heterocycles. The Labute approximate surface area is 196 Å². The highest BCUT2D eigenvalue weighted by Gasteiger charge is 2.54. The number of carbonyl (C=O) groups is 4. The van der Waals surface area contributed by atoms with Gasteiger partial charge < -0.3 is 34.3 Å². The van der Waals surface area contributed by atoms with Crippen molar-refractivity contribution in [2.24, 2.45) is 0 Å². The number of nitrogens with zero attached hydrogens (tertiary/aromatic N) is 1. The first-order valence-corrected chi connectivity index (χ1v) is 10.7. The molecule has 11 heteroatoms. The van der Waals surface area contributed by atoms with E-state index in [1.54, 1.807) is 18.2 Å². The zero-order valence-electron chi connectivity index (χ0n) is 19.4. The SMILES string of the molecule is CC(=O)OC[C@H]1O[C@@H](N2CC=Cc3cc(N)ccc32)[C@H](OC(C)=O)[C@@H](OC(C)=O)[C@@H]1OC(C)=O. The number of nitrogens with two attached hydrogens (primary N) is 1. The van der Waals surface area contributed by atoms with Crippen molar-refractivity contribution in [1.82, 2.24) is 0 Å². The molecule has 0 radical (unpaired) electrons. The zero-order valence-corrected chi connectivity index (χ0v) is 19.4. The van der Waals surface area contributed by atoms with Crippen LogP contribution in [0.1, 0.15) is 33.3 Å². The standard InChI is InChI=1S/C23H28N2O9/c1-12(26)30-11-19-20(31-13(2)27)21(32-14(3)28)22(33-15(4)29)23(34-19)25-9-5-6-16-10-17(24)7-8-18(16)25/h5-8,10,19-23H,9,11,24H2,1-4H3/t19-,20-,21+,22-,23-/m1/s1. The molecule has 3 rings (SSSR count). The van der Waals surface area contributed by atoms with Gasteiger partial charge >= 0.3 is 23.9 Å². The summed E-state index contributed by atoms with van der Waals surface area (Å²) in [7, 11) is 0. The van der Waals surface area contributed by atoms with E-state index in [1.807, 2.05) is 17.1 Å². The Balaban J connectivity index is 2.08. The minimum atomic E-state index is -1.23. The fourth-order valence-corrected chi connectivity index (χ4v) is 4.06. The van der Waals surface area contributed by atoms with Gasteiger partial charge in [-0.05, 0) is 23.8 Å². The average Bonchev–Trinajstić information content (AvgIpc) is 2.73. The van der Waals surface area contributed by atoms with Crippen LogP contribution < -0.4 is 10.6 Å². The second-order valence-corrected chi connectivity index (χ2v) is 7.96. The molecule has 1 aromatic carbocycles. The van der Waals surface area contributed by atoms with Gasteiger partial charge in [0.05, 0.1) is 0 Å². The van der Waals surface area contributed by atoms with E-state index in [0.29, 0.717) is 12.2 Å². The van der Waals surface area contributed by atoms with Crippen molar-refractivity contribution in [2.45, 2.75) is 58.3 Å². The van der Waals surface area contributed by atoms with E-state index in [0.717, 1.165) is 11.3 Å². The first kappa shape index (κ1) is 25.0. The van der Waals surface area contributed by atoms with Crippen molar-refractivity contribution in [3.05, 3.63) is 29.8 Å². The van der Waals surface area contributed by atoms with E-state index in [2.05, 4.69) is 0 Å². The van der Waals surface area contributed by atoms with E-state index >= 15 is 0 Å². The van der Waals surface area contributed by atoms with E-state index in [4.69, 9.17) is 29.4 Å². The molecule has 0 unspecified atom stereocenters. The second-order valence-electron chi connectivity index (χ2n) is 7.96. The molecule has 0 amide bonds. The summed E-state index contributed by atoms with van der Waals surface area (Å²) in [5.41, 5.74) is 8.02. The van der Waals surface area contributed by atoms with Crippen LogP contribution >= 0.6 is 0 Å². The minimum Gasteiger partial charge on any atom is -0.463 e. The first-order chi connectivity index (χ1) is 16.1. The van der Waals surface area contributed by atoms with Crippen molar-refractivity contribution in [1.29, 1.82) is 0 Å². The smallest absolute Gasteiger partial charge is 0.303 e. The number of hydrogen-bond donors (Lipinski definition) is 1. The maximum Gasteiger partial charge on any atom is 0.303 e. The Kier molecular flexibility index (Phi) is 7.77. The van der Waals surface area contributed by atoms with Crippen molar-refractivity contribution in [2.75, 3.05) is 23.8 Å². The molecule has 5 atom stereocenters. The highest BCUT2D eigenvalue weighted by molar-refractivity contribution is 5.75. The number of anilines is 2. The van der Waals surface area contributed by atoms with Crippen LogP contribution in [0.4, 0.5) is 11.4 Å². The molecule has 34 heavy (non-hydrogen) atoms. The van der Waals surface area contributed by atoms with Gasteiger partial charge in [0.2, 0.25) is 0 Å². The Morgan fingerprint density at radius 1 is 0.941 bits per heavy atom. The molecule has 2 N–H and O–H groups in total. The topological polar surface area (TPSA) is 144 Å². The number of esters is 4. The fourth-order valence-electron chi connectivity index (χ4n) is 4.06. The molecule has 1 aromatic rings. The molecule has 184 valence electrons. The van der Waals surface area contributed by atoms with E-state index in [-0.39, 0.29) is 6.61 Å². The molecular weight excluding hydrogens is 448 g/mol. The van der Waals surface area contributed by atoms with Crippen molar-refractivity contribution in [3.8, 4) is 0 Å². The summed E-state index contributed by atoms with van der Waals surface area (Å²) in [5, 5.41) is 0. The highest BCUT2D eigenvalue weighted by atomic mass is 16.7. The van der Waals surface area contributed by atoms with Crippen molar-refractivity contribution in [3.63, 3.8) is 0 Å². The van der Waals surface area contributed by atoms with Crippen LogP contribution in [0.5, 0.6) is 0 Å². The number of fused-ring (bicyclic) bond motifs is 1. The summed E-state index contributed by atoms with van der Waals surface area (Å²) in [5.74, 6) is -2.59. The lowest BCUT2D eigenvalue weighted by Gasteiger charge is -2.48. The largest absolute Gasteiger partial charge is 0.463 e. The number of carbonyl (C=O) groups excluding carboxylic acids is 4. The lowest BCUT2D eigenvalue weighted by Crippen LogP contribution is -2.66. The first-order valence-electron chi connectivity index (χ1n) is 10.7. The fraction of sp³-hybridized carbons (Fsp3) is 0.478. The number of benzene rings is 1. The molecular formula is C23H28N2O9. The molecule has 2 heterocycles. The molecule has 0 aliphatic carbocycles. The lowest BCUT2D eigenvalue weighted by atomic mass is 9.95. The Morgan fingerprint density at radius 3 is 2.18 bits per heavy atom. The van der Waals surface area contributed by atoms with Crippen molar-refractivity contribution < 1.29 is 42.9 Å². The molecule has 0 aromatic heterocycles. The van der Waals surface area contributed by atoms with Gasteiger partial charge in [-0.1, -0.05) is 12.2 Å². The molecule has 2 aliphatic heterocycles. The van der Waals surface area contributed by atoms with Crippen LogP contribution in [0.25, 0.3) is 6.08 Å². The van der Waals surface area contributed by atoms with Gasteiger partial charge in [0.25, 0.3) is 0 Å². The Hall–Kier alpha value is -3.60. The van der Waals surface area contributed by atoms with Crippen LogP contribution in [-0.4, -0.2) is 67.7 Å². The van der Waals surface area contributed by atoms with Gasteiger partial charge in [0.1, 0.15) is 12.7 Å². The minimum absolute atomic E-state index is 0.285. The van der Waals surface area contributed by atoms with Crippen LogP contribution in [0.15, 0.2) is 24.3 Å². The number of ether oxygens (including phenoxy) is 5. The quantitative estimate of drug-likeness (QED) is 0.359. The maximum atomic E-state index is 12.0. The third kappa shape index (κ3) is 5.84. The van der Waals surface area contributed by atoms with Crippen LogP contribution in [0.2, 0.25) is 0 Å². The molecule has 2 aliphatic rings. The molecule has 0 bridgehead atoms. The van der Waals surface area contributed by atoms with Crippen LogP contribution in [0.3, 0.4) is 0 Å². The average molecular weight is 476 g/mol. The third-order valence-corrected chi connectivity index (χ3v) is 5.23. The van der Waals surface area contributed by atoms with Gasteiger partial charge in [-0.25, -0.2) is 0 Å². The summed E-state index contributed by atoms with van der Waals surface area (Å²) in [4.78, 5) is 49.2. The third-order valence-electron chi connectivity index (χ3n) is 5.23. The molecule has 0 saturated carbocycles. The monoisotopic (exact) mass is 476 g/mol. The summed E-state index contributed by atoms with van der Waals surface area (Å²) >= 11 is 0. The zero-order chi connectivity index (χ0) is 25.0. The van der Waals surface area contributed by atoms with Crippen LogP contribution in [0, 0.1) is 0 Å².